The number of carbonyl (C=O) groups is 2. The summed E-state index contributed by atoms with van der Waals surface area (Å²) in [6, 6.07) is 7.85. The molecule has 0 unspecified atom stereocenters. The first kappa shape index (κ1) is 12.8. The summed E-state index contributed by atoms with van der Waals surface area (Å²) in [5.41, 5.74) is 2.27. The van der Waals surface area contributed by atoms with E-state index in [-0.39, 0.29) is 11.8 Å². The molecule has 1 fully saturated rings. The molecular weight excluding hydrogens is 254 g/mol. The van der Waals surface area contributed by atoms with E-state index in [9.17, 15) is 9.59 Å². The summed E-state index contributed by atoms with van der Waals surface area (Å²) in [6.07, 6.45) is 2.82. The quantitative estimate of drug-likeness (QED) is 0.910. The van der Waals surface area contributed by atoms with Gasteiger partial charge in [-0.05, 0) is 31.9 Å². The molecule has 0 aromatic heterocycles. The van der Waals surface area contributed by atoms with Gasteiger partial charge in [0.25, 0.3) is 5.91 Å². The van der Waals surface area contributed by atoms with Crippen LogP contribution < -0.4 is 10.3 Å². The van der Waals surface area contributed by atoms with Gasteiger partial charge in [0.1, 0.15) is 5.71 Å². The lowest BCUT2D eigenvalue weighted by Gasteiger charge is -2.23. The first-order valence-corrected chi connectivity index (χ1v) is 6.91. The summed E-state index contributed by atoms with van der Waals surface area (Å²) in [7, 11) is 0. The van der Waals surface area contributed by atoms with Gasteiger partial charge >= 0.3 is 0 Å². The van der Waals surface area contributed by atoms with Crippen LogP contribution in [0.3, 0.4) is 0 Å². The smallest absolute Gasteiger partial charge is 0.267 e. The lowest BCUT2D eigenvalue weighted by Crippen LogP contribution is -2.39. The number of nitrogens with one attached hydrogen (secondary N) is 1. The zero-order valence-electron chi connectivity index (χ0n) is 11.4. The number of hydrogen-bond donors (Lipinski definition) is 1. The van der Waals surface area contributed by atoms with Gasteiger partial charge in [-0.2, -0.15) is 5.10 Å². The standard InChI is InChI=1S/C15H17N3O2/c1-10-2-6-12(7-3-10)18-14(19)9-8-13(17-18)15(20)16-11-4-5-11/h2-3,6-7,11H,4-5,8-9H2,1H3,(H,16,20). The fourth-order valence-electron chi connectivity index (χ4n) is 2.10. The maximum absolute atomic E-state index is 12.0. The van der Waals surface area contributed by atoms with Crippen molar-refractivity contribution in [1.82, 2.24) is 5.32 Å². The predicted molar refractivity (Wildman–Crippen MR) is 76.5 cm³/mol. The molecule has 1 aliphatic heterocycles. The third kappa shape index (κ3) is 2.71. The van der Waals surface area contributed by atoms with Crippen LogP contribution in [0.1, 0.15) is 31.2 Å². The van der Waals surface area contributed by atoms with E-state index in [1.165, 1.54) is 5.01 Å². The lowest BCUT2D eigenvalue weighted by molar-refractivity contribution is -0.118. The molecule has 1 heterocycles. The summed E-state index contributed by atoms with van der Waals surface area (Å²) in [6.45, 7) is 1.99. The third-order valence-electron chi connectivity index (χ3n) is 3.49. The number of nitrogens with zero attached hydrogens (tertiary/aromatic N) is 2. The normalized spacial score (nSPS) is 18.8. The topological polar surface area (TPSA) is 61.8 Å². The average Bonchev–Trinajstić information content (AvgIpc) is 3.24. The van der Waals surface area contributed by atoms with Gasteiger partial charge in [-0.15, -0.1) is 0 Å². The molecule has 0 saturated heterocycles. The predicted octanol–water partition coefficient (Wildman–Crippen LogP) is 1.76. The highest BCUT2D eigenvalue weighted by Gasteiger charge is 2.29. The minimum atomic E-state index is -0.142. The van der Waals surface area contributed by atoms with Crippen LogP contribution in [0.4, 0.5) is 5.69 Å². The highest BCUT2D eigenvalue weighted by molar-refractivity contribution is 6.40. The van der Waals surface area contributed by atoms with Gasteiger partial charge in [-0.25, -0.2) is 5.01 Å². The summed E-state index contributed by atoms with van der Waals surface area (Å²) in [5.74, 6) is -0.214. The second kappa shape index (κ2) is 5.07. The molecule has 1 aromatic rings. The van der Waals surface area contributed by atoms with Crippen LogP contribution in [-0.2, 0) is 9.59 Å². The molecule has 0 atom stereocenters. The second-order valence-electron chi connectivity index (χ2n) is 5.34. The zero-order chi connectivity index (χ0) is 14.1. The van der Waals surface area contributed by atoms with Crippen molar-refractivity contribution in [1.29, 1.82) is 0 Å². The molecule has 5 nitrogen and oxygen atoms in total. The van der Waals surface area contributed by atoms with Crippen molar-refractivity contribution in [3.8, 4) is 0 Å². The molecule has 1 N–H and O–H groups in total. The van der Waals surface area contributed by atoms with Crippen molar-refractivity contribution in [2.75, 3.05) is 5.01 Å². The van der Waals surface area contributed by atoms with Crippen LogP contribution in [0, 0.1) is 6.92 Å². The molecule has 1 aromatic carbocycles. The average molecular weight is 271 g/mol. The molecule has 2 amide bonds. The Hall–Kier alpha value is -2.17. The van der Waals surface area contributed by atoms with Gasteiger partial charge in [0.2, 0.25) is 5.91 Å². The Balaban J connectivity index is 1.82. The Labute approximate surface area is 117 Å². The van der Waals surface area contributed by atoms with Crippen LogP contribution >= 0.6 is 0 Å². The van der Waals surface area contributed by atoms with E-state index in [0.29, 0.717) is 30.3 Å². The van der Waals surface area contributed by atoms with Crippen LogP contribution in [0.5, 0.6) is 0 Å². The number of carbonyl (C=O) groups excluding carboxylic acids is 2. The summed E-state index contributed by atoms with van der Waals surface area (Å²) in [4.78, 5) is 24.0. The van der Waals surface area contributed by atoms with Crippen LogP contribution in [-0.4, -0.2) is 23.6 Å². The zero-order valence-corrected chi connectivity index (χ0v) is 11.4. The van der Waals surface area contributed by atoms with Gasteiger partial charge in [0, 0.05) is 18.9 Å². The number of rotatable bonds is 3. The highest BCUT2D eigenvalue weighted by Crippen LogP contribution is 2.22. The SMILES string of the molecule is Cc1ccc(N2N=C(C(=O)NC3CC3)CCC2=O)cc1. The third-order valence-corrected chi connectivity index (χ3v) is 3.49. The van der Waals surface area contributed by atoms with Crippen molar-refractivity contribution < 1.29 is 9.59 Å². The number of hydrazone groups is 1. The Morgan fingerprint density at radius 3 is 2.60 bits per heavy atom. The molecule has 0 radical (unpaired) electrons. The maximum atomic E-state index is 12.0. The van der Waals surface area contributed by atoms with Crippen molar-refractivity contribution in [2.45, 2.75) is 38.6 Å². The number of benzene rings is 1. The van der Waals surface area contributed by atoms with Crippen molar-refractivity contribution >= 4 is 23.2 Å². The second-order valence-corrected chi connectivity index (χ2v) is 5.34. The largest absolute Gasteiger partial charge is 0.348 e. The van der Waals surface area contributed by atoms with Crippen molar-refractivity contribution in [3.63, 3.8) is 0 Å². The Morgan fingerprint density at radius 2 is 1.95 bits per heavy atom. The molecule has 1 aliphatic carbocycles. The molecule has 5 heteroatoms. The molecule has 2 aliphatic rings. The van der Waals surface area contributed by atoms with E-state index in [4.69, 9.17) is 0 Å². The Kier molecular flexibility index (Phi) is 3.26. The van der Waals surface area contributed by atoms with Crippen LogP contribution in [0.25, 0.3) is 0 Å². The van der Waals surface area contributed by atoms with Crippen LogP contribution in [0.2, 0.25) is 0 Å². The summed E-state index contributed by atoms with van der Waals surface area (Å²) in [5, 5.41) is 8.48. The monoisotopic (exact) mass is 271 g/mol. The van der Waals surface area contributed by atoms with Gasteiger partial charge < -0.3 is 5.32 Å². The number of anilines is 1. The molecule has 20 heavy (non-hydrogen) atoms. The first-order valence-electron chi connectivity index (χ1n) is 6.91. The van der Waals surface area contributed by atoms with E-state index in [1.54, 1.807) is 0 Å². The fraction of sp³-hybridized carbons (Fsp3) is 0.400. The number of aryl methyl sites for hydroxylation is 1. The minimum absolute atomic E-state index is 0.0724. The van der Waals surface area contributed by atoms with E-state index in [1.807, 2.05) is 31.2 Å². The van der Waals surface area contributed by atoms with E-state index >= 15 is 0 Å². The van der Waals surface area contributed by atoms with Gasteiger partial charge in [0.15, 0.2) is 0 Å². The Bertz CT molecular complexity index is 573. The van der Waals surface area contributed by atoms with Gasteiger partial charge in [0.05, 0.1) is 5.69 Å². The fourth-order valence-corrected chi connectivity index (χ4v) is 2.10. The summed E-state index contributed by atoms with van der Waals surface area (Å²) >= 11 is 0. The molecule has 1 saturated carbocycles. The minimum Gasteiger partial charge on any atom is -0.348 e. The number of amides is 2. The molecular formula is C15H17N3O2. The summed E-state index contributed by atoms with van der Waals surface area (Å²) < 4.78 is 0. The van der Waals surface area contributed by atoms with E-state index in [2.05, 4.69) is 10.4 Å². The lowest BCUT2D eigenvalue weighted by atomic mass is 10.1. The van der Waals surface area contributed by atoms with Crippen molar-refractivity contribution in [2.24, 2.45) is 5.10 Å². The van der Waals surface area contributed by atoms with E-state index in [0.717, 1.165) is 18.4 Å². The molecule has 0 spiro atoms. The highest BCUT2D eigenvalue weighted by atomic mass is 16.2. The molecule has 3 rings (SSSR count). The maximum Gasteiger partial charge on any atom is 0.267 e. The van der Waals surface area contributed by atoms with Gasteiger partial charge in [-0.1, -0.05) is 17.7 Å². The Morgan fingerprint density at radius 1 is 1.25 bits per heavy atom. The first-order chi connectivity index (χ1) is 9.63. The number of hydrogen-bond acceptors (Lipinski definition) is 3. The van der Waals surface area contributed by atoms with Crippen molar-refractivity contribution in [3.05, 3.63) is 29.8 Å². The van der Waals surface area contributed by atoms with Gasteiger partial charge in [-0.3, -0.25) is 9.59 Å². The van der Waals surface area contributed by atoms with Crippen LogP contribution in [0.15, 0.2) is 29.4 Å². The molecule has 0 bridgehead atoms. The van der Waals surface area contributed by atoms with E-state index < -0.39 is 0 Å². The molecule has 104 valence electrons.